The fourth-order valence-electron chi connectivity index (χ4n) is 4.20. The van der Waals surface area contributed by atoms with Crippen molar-refractivity contribution in [3.05, 3.63) is 77.4 Å². The second kappa shape index (κ2) is 9.63. The molecule has 1 aliphatic rings. The molecule has 0 saturated carbocycles. The number of carbonyl (C=O) groups is 1. The molecule has 1 amide bonds. The lowest BCUT2D eigenvalue weighted by molar-refractivity contribution is -0.131. The van der Waals surface area contributed by atoms with E-state index in [1.807, 2.05) is 30.0 Å². The Morgan fingerprint density at radius 3 is 2.91 bits per heavy atom. The average Bonchev–Trinajstić information content (AvgIpc) is 3.16. The van der Waals surface area contributed by atoms with Crippen LogP contribution in [0.15, 0.2) is 66.2 Å². The van der Waals surface area contributed by atoms with Crippen molar-refractivity contribution < 1.29 is 14.3 Å². The highest BCUT2D eigenvalue weighted by Gasteiger charge is 2.23. The van der Waals surface area contributed by atoms with Gasteiger partial charge < -0.3 is 14.4 Å². The number of benzene rings is 2. The SMILES string of the molecule is CCC(=O)N1CCOc2c(cc(-c3csc4ccccc34)cc2OCCc2ccccn2)C1. The van der Waals surface area contributed by atoms with Crippen molar-refractivity contribution in [2.45, 2.75) is 26.3 Å². The van der Waals surface area contributed by atoms with Gasteiger partial charge in [0.05, 0.1) is 13.2 Å². The van der Waals surface area contributed by atoms with Gasteiger partial charge >= 0.3 is 0 Å². The average molecular weight is 459 g/mol. The van der Waals surface area contributed by atoms with Gasteiger partial charge in [-0.2, -0.15) is 0 Å². The summed E-state index contributed by atoms with van der Waals surface area (Å²) in [6.45, 7) is 3.95. The van der Waals surface area contributed by atoms with Crippen LogP contribution < -0.4 is 9.47 Å². The number of rotatable bonds is 6. The van der Waals surface area contributed by atoms with Crippen LogP contribution in [-0.4, -0.2) is 35.5 Å². The summed E-state index contributed by atoms with van der Waals surface area (Å²) in [4.78, 5) is 18.7. The smallest absolute Gasteiger partial charge is 0.222 e. The summed E-state index contributed by atoms with van der Waals surface area (Å²) >= 11 is 1.74. The Hall–Kier alpha value is -3.38. The van der Waals surface area contributed by atoms with Crippen molar-refractivity contribution in [1.82, 2.24) is 9.88 Å². The molecule has 0 aliphatic carbocycles. The number of fused-ring (bicyclic) bond motifs is 2. The first-order valence-electron chi connectivity index (χ1n) is 11.3. The quantitative estimate of drug-likeness (QED) is 0.371. The van der Waals surface area contributed by atoms with E-state index in [1.54, 1.807) is 17.5 Å². The highest BCUT2D eigenvalue weighted by Crippen LogP contribution is 2.42. The molecule has 1 aliphatic heterocycles. The predicted octanol–water partition coefficient (Wildman–Crippen LogP) is 5.72. The van der Waals surface area contributed by atoms with E-state index >= 15 is 0 Å². The van der Waals surface area contributed by atoms with Crippen molar-refractivity contribution >= 4 is 27.3 Å². The first-order valence-corrected chi connectivity index (χ1v) is 12.2. The minimum Gasteiger partial charge on any atom is -0.489 e. The van der Waals surface area contributed by atoms with Crippen molar-refractivity contribution in [1.29, 1.82) is 0 Å². The van der Waals surface area contributed by atoms with Crippen LogP contribution in [0.5, 0.6) is 11.5 Å². The standard InChI is InChI=1S/C27H26N2O3S/c1-2-26(30)29-12-14-32-27-20(17-29)15-19(23-18-33-25-9-4-3-8-22(23)25)16-24(27)31-13-10-21-7-5-6-11-28-21/h3-9,11,15-16,18H,2,10,12-14,17H2,1H3. The molecule has 33 heavy (non-hydrogen) atoms. The monoisotopic (exact) mass is 458 g/mol. The number of ether oxygens (including phenoxy) is 2. The number of amides is 1. The van der Waals surface area contributed by atoms with Crippen molar-refractivity contribution in [3.63, 3.8) is 0 Å². The molecule has 0 bridgehead atoms. The Balaban J connectivity index is 1.52. The van der Waals surface area contributed by atoms with E-state index in [2.05, 4.69) is 46.8 Å². The van der Waals surface area contributed by atoms with Gasteiger partial charge in [0.15, 0.2) is 11.5 Å². The third kappa shape index (κ3) is 4.57. The maximum Gasteiger partial charge on any atom is 0.222 e. The van der Waals surface area contributed by atoms with Gasteiger partial charge in [0.1, 0.15) is 6.61 Å². The predicted molar refractivity (Wildman–Crippen MR) is 132 cm³/mol. The number of hydrogen-bond acceptors (Lipinski definition) is 5. The van der Waals surface area contributed by atoms with Gasteiger partial charge in [-0.15, -0.1) is 11.3 Å². The van der Waals surface area contributed by atoms with E-state index in [4.69, 9.17) is 9.47 Å². The summed E-state index contributed by atoms with van der Waals surface area (Å²) < 4.78 is 13.7. The number of pyridine rings is 1. The number of thiophene rings is 1. The second-order valence-corrected chi connectivity index (χ2v) is 8.96. The lowest BCUT2D eigenvalue weighted by Crippen LogP contribution is -2.31. The third-order valence-corrected chi connectivity index (χ3v) is 6.85. The zero-order chi connectivity index (χ0) is 22.6. The maximum absolute atomic E-state index is 12.5. The van der Waals surface area contributed by atoms with Gasteiger partial charge in [-0.05, 0) is 41.3 Å². The van der Waals surface area contributed by atoms with E-state index < -0.39 is 0 Å². The van der Waals surface area contributed by atoms with Crippen LogP contribution in [0.2, 0.25) is 0 Å². The Kier molecular flexibility index (Phi) is 6.26. The molecular formula is C27H26N2O3S. The van der Waals surface area contributed by atoms with Gasteiger partial charge in [0.25, 0.3) is 0 Å². The first-order chi connectivity index (χ1) is 16.2. The summed E-state index contributed by atoms with van der Waals surface area (Å²) in [5.41, 5.74) is 4.22. The zero-order valence-electron chi connectivity index (χ0n) is 18.6. The summed E-state index contributed by atoms with van der Waals surface area (Å²) in [7, 11) is 0. The van der Waals surface area contributed by atoms with Gasteiger partial charge in [0, 0.05) is 52.5 Å². The van der Waals surface area contributed by atoms with Crippen LogP contribution in [-0.2, 0) is 17.8 Å². The van der Waals surface area contributed by atoms with Crippen molar-refractivity contribution in [2.24, 2.45) is 0 Å². The number of aromatic nitrogens is 1. The minimum atomic E-state index is 0.135. The molecule has 0 atom stereocenters. The topological polar surface area (TPSA) is 51.7 Å². The molecule has 4 aromatic rings. The molecule has 5 nitrogen and oxygen atoms in total. The van der Waals surface area contributed by atoms with Gasteiger partial charge in [-0.25, -0.2) is 0 Å². The molecule has 0 unspecified atom stereocenters. The lowest BCUT2D eigenvalue weighted by Gasteiger charge is -2.19. The number of nitrogens with zero attached hydrogens (tertiary/aromatic N) is 2. The fraction of sp³-hybridized carbons (Fsp3) is 0.259. The van der Waals surface area contributed by atoms with E-state index in [-0.39, 0.29) is 5.91 Å². The molecule has 0 spiro atoms. The zero-order valence-corrected chi connectivity index (χ0v) is 19.4. The summed E-state index contributed by atoms with van der Waals surface area (Å²) in [5, 5.41) is 3.41. The molecule has 0 radical (unpaired) electrons. The minimum absolute atomic E-state index is 0.135. The molecule has 3 heterocycles. The Bertz CT molecular complexity index is 1270. The van der Waals surface area contributed by atoms with Gasteiger partial charge in [-0.3, -0.25) is 9.78 Å². The Labute approximate surface area is 197 Å². The Morgan fingerprint density at radius 2 is 2.06 bits per heavy atom. The summed E-state index contributed by atoms with van der Waals surface area (Å²) in [6.07, 6.45) is 2.99. The van der Waals surface area contributed by atoms with E-state index in [1.165, 1.54) is 15.6 Å². The largest absolute Gasteiger partial charge is 0.489 e. The molecule has 5 rings (SSSR count). The molecular weight excluding hydrogens is 432 g/mol. The number of carbonyl (C=O) groups excluding carboxylic acids is 1. The molecule has 2 aromatic heterocycles. The molecule has 2 aromatic carbocycles. The summed E-state index contributed by atoms with van der Waals surface area (Å²) in [5.74, 6) is 1.60. The van der Waals surface area contributed by atoms with E-state index in [0.29, 0.717) is 39.1 Å². The van der Waals surface area contributed by atoms with Crippen LogP contribution in [0.1, 0.15) is 24.6 Å². The third-order valence-electron chi connectivity index (χ3n) is 5.89. The fourth-order valence-corrected chi connectivity index (χ4v) is 5.17. The van der Waals surface area contributed by atoms with E-state index in [0.717, 1.165) is 28.3 Å². The highest BCUT2D eigenvalue weighted by molar-refractivity contribution is 7.17. The second-order valence-electron chi connectivity index (χ2n) is 8.05. The van der Waals surface area contributed by atoms with Crippen molar-refractivity contribution in [2.75, 3.05) is 19.8 Å². The van der Waals surface area contributed by atoms with Crippen molar-refractivity contribution in [3.8, 4) is 22.6 Å². The molecule has 0 fully saturated rings. The van der Waals surface area contributed by atoms with Gasteiger partial charge in [-0.1, -0.05) is 31.2 Å². The first kappa shape index (κ1) is 21.5. The van der Waals surface area contributed by atoms with Crippen LogP contribution >= 0.6 is 11.3 Å². The van der Waals surface area contributed by atoms with Crippen LogP contribution in [0, 0.1) is 0 Å². The Morgan fingerprint density at radius 1 is 1.18 bits per heavy atom. The van der Waals surface area contributed by atoms with Crippen LogP contribution in [0.3, 0.4) is 0 Å². The molecule has 0 saturated heterocycles. The van der Waals surface area contributed by atoms with Crippen LogP contribution in [0.25, 0.3) is 21.2 Å². The lowest BCUT2D eigenvalue weighted by atomic mass is 10.0. The van der Waals surface area contributed by atoms with Crippen LogP contribution in [0.4, 0.5) is 0 Å². The summed E-state index contributed by atoms with van der Waals surface area (Å²) in [6, 6.07) is 18.5. The maximum atomic E-state index is 12.5. The highest BCUT2D eigenvalue weighted by atomic mass is 32.1. The molecule has 0 N–H and O–H groups in total. The normalized spacial score (nSPS) is 13.3. The molecule has 168 valence electrons. The number of hydrogen-bond donors (Lipinski definition) is 0. The van der Waals surface area contributed by atoms with Gasteiger partial charge in [0.2, 0.25) is 5.91 Å². The molecule has 6 heteroatoms. The van der Waals surface area contributed by atoms with E-state index in [9.17, 15) is 4.79 Å².